The Kier molecular flexibility index (Phi) is 4.65. The second-order valence-corrected chi connectivity index (χ2v) is 6.23. The molecule has 5 nitrogen and oxygen atoms in total. The first-order chi connectivity index (χ1) is 12.7. The van der Waals surface area contributed by atoms with Crippen molar-refractivity contribution in [1.29, 1.82) is 0 Å². The van der Waals surface area contributed by atoms with Gasteiger partial charge < -0.3 is 9.47 Å². The number of pyridine rings is 1. The predicted molar refractivity (Wildman–Crippen MR) is 101 cm³/mol. The van der Waals surface area contributed by atoms with Crippen molar-refractivity contribution in [3.05, 3.63) is 71.4 Å². The molecule has 0 unspecified atom stereocenters. The molecule has 0 radical (unpaired) electrons. The standard InChI is InChI=1S/C20H17ClN2O3/c1-24-14-6-4-13(5-7-14)18-11-15(26-23-18)12-25-19-9-8-17(21)16-3-2-10-22-20(16)19/h2-11,15,23H,12H2,1H3/t15-/m1/s1. The van der Waals surface area contributed by atoms with Crippen LogP contribution in [0.2, 0.25) is 5.02 Å². The Morgan fingerprint density at radius 3 is 2.81 bits per heavy atom. The molecule has 0 fully saturated rings. The van der Waals surface area contributed by atoms with Crippen molar-refractivity contribution >= 4 is 28.2 Å². The third kappa shape index (κ3) is 3.31. The van der Waals surface area contributed by atoms with Crippen molar-refractivity contribution in [2.45, 2.75) is 6.10 Å². The highest BCUT2D eigenvalue weighted by atomic mass is 35.5. The van der Waals surface area contributed by atoms with Gasteiger partial charge in [0.1, 0.15) is 29.7 Å². The molecule has 3 aromatic rings. The van der Waals surface area contributed by atoms with E-state index < -0.39 is 0 Å². The molecular weight excluding hydrogens is 352 g/mol. The van der Waals surface area contributed by atoms with E-state index in [2.05, 4.69) is 10.5 Å². The van der Waals surface area contributed by atoms with Gasteiger partial charge in [-0.2, -0.15) is 0 Å². The fourth-order valence-corrected chi connectivity index (χ4v) is 3.02. The van der Waals surface area contributed by atoms with E-state index >= 15 is 0 Å². The van der Waals surface area contributed by atoms with Gasteiger partial charge in [0.25, 0.3) is 0 Å². The number of aromatic nitrogens is 1. The first kappa shape index (κ1) is 16.7. The number of fused-ring (bicyclic) bond motifs is 1. The van der Waals surface area contributed by atoms with Crippen LogP contribution in [0.15, 0.2) is 60.8 Å². The van der Waals surface area contributed by atoms with E-state index in [4.69, 9.17) is 25.9 Å². The number of methoxy groups -OCH3 is 1. The normalized spacial score (nSPS) is 16.2. The Morgan fingerprint density at radius 2 is 2.00 bits per heavy atom. The number of nitrogens with one attached hydrogen (secondary N) is 1. The molecule has 1 aliphatic rings. The molecule has 0 amide bonds. The minimum atomic E-state index is -0.207. The molecule has 132 valence electrons. The first-order valence-corrected chi connectivity index (χ1v) is 8.56. The van der Waals surface area contributed by atoms with E-state index in [9.17, 15) is 0 Å². The molecule has 6 heteroatoms. The van der Waals surface area contributed by atoms with Crippen LogP contribution in [0, 0.1) is 0 Å². The van der Waals surface area contributed by atoms with Gasteiger partial charge in [-0.25, -0.2) is 0 Å². The Hall–Kier alpha value is -2.76. The average molecular weight is 369 g/mol. The van der Waals surface area contributed by atoms with E-state index in [0.29, 0.717) is 17.4 Å². The van der Waals surface area contributed by atoms with Gasteiger partial charge in [-0.15, -0.1) is 0 Å². The van der Waals surface area contributed by atoms with E-state index in [1.807, 2.05) is 54.6 Å². The number of halogens is 1. The second kappa shape index (κ2) is 7.23. The van der Waals surface area contributed by atoms with Crippen molar-refractivity contribution in [2.75, 3.05) is 13.7 Å². The molecule has 0 aliphatic carbocycles. The van der Waals surface area contributed by atoms with E-state index in [1.165, 1.54) is 0 Å². The van der Waals surface area contributed by atoms with Gasteiger partial charge in [-0.1, -0.05) is 11.6 Å². The summed E-state index contributed by atoms with van der Waals surface area (Å²) >= 11 is 6.22. The van der Waals surface area contributed by atoms with E-state index in [1.54, 1.807) is 13.3 Å². The quantitative estimate of drug-likeness (QED) is 0.730. The molecule has 0 saturated heterocycles. The number of hydrogen-bond donors (Lipinski definition) is 1. The van der Waals surface area contributed by atoms with Gasteiger partial charge in [0, 0.05) is 11.6 Å². The summed E-state index contributed by atoms with van der Waals surface area (Å²) in [6.45, 7) is 0.361. The Bertz CT molecular complexity index is 957. The molecule has 1 aromatic heterocycles. The number of benzene rings is 2. The summed E-state index contributed by atoms with van der Waals surface area (Å²) in [6, 6.07) is 15.2. The van der Waals surface area contributed by atoms with Gasteiger partial charge in [0.2, 0.25) is 0 Å². The number of nitrogens with zero attached hydrogens (tertiary/aromatic N) is 1. The van der Waals surface area contributed by atoms with Crippen molar-refractivity contribution in [3.63, 3.8) is 0 Å². The van der Waals surface area contributed by atoms with Gasteiger partial charge in [-0.05, 0) is 60.2 Å². The van der Waals surface area contributed by atoms with Crippen LogP contribution in [0.4, 0.5) is 0 Å². The maximum atomic E-state index is 6.22. The molecule has 0 saturated carbocycles. The van der Waals surface area contributed by atoms with Gasteiger partial charge >= 0.3 is 0 Å². The van der Waals surface area contributed by atoms with Crippen LogP contribution in [0.1, 0.15) is 5.56 Å². The third-order valence-electron chi connectivity index (χ3n) is 4.16. The molecule has 0 bridgehead atoms. The van der Waals surface area contributed by atoms with E-state index in [-0.39, 0.29) is 6.10 Å². The molecule has 26 heavy (non-hydrogen) atoms. The fourth-order valence-electron chi connectivity index (χ4n) is 2.80. The van der Waals surface area contributed by atoms with Crippen LogP contribution < -0.4 is 15.0 Å². The zero-order chi connectivity index (χ0) is 17.9. The predicted octanol–water partition coefficient (Wildman–Crippen LogP) is 4.22. The van der Waals surface area contributed by atoms with Crippen molar-refractivity contribution < 1.29 is 14.3 Å². The van der Waals surface area contributed by atoms with Crippen LogP contribution in [-0.4, -0.2) is 24.8 Å². The third-order valence-corrected chi connectivity index (χ3v) is 4.49. The van der Waals surface area contributed by atoms with Crippen LogP contribution >= 0.6 is 11.6 Å². The van der Waals surface area contributed by atoms with Crippen molar-refractivity contribution in [3.8, 4) is 11.5 Å². The van der Waals surface area contributed by atoms with Crippen LogP contribution in [0.5, 0.6) is 11.5 Å². The average Bonchev–Trinajstić information content (AvgIpc) is 3.17. The topological polar surface area (TPSA) is 52.6 Å². The zero-order valence-electron chi connectivity index (χ0n) is 14.1. The summed E-state index contributed by atoms with van der Waals surface area (Å²) in [4.78, 5) is 9.96. The largest absolute Gasteiger partial charge is 0.497 e. The zero-order valence-corrected chi connectivity index (χ0v) is 14.9. The summed E-state index contributed by atoms with van der Waals surface area (Å²) < 4.78 is 11.1. The maximum Gasteiger partial charge on any atom is 0.145 e. The van der Waals surface area contributed by atoms with Crippen LogP contribution in [-0.2, 0) is 4.84 Å². The number of hydroxylamine groups is 1. The molecule has 2 aromatic carbocycles. The lowest BCUT2D eigenvalue weighted by Gasteiger charge is -2.12. The Labute approximate surface area is 156 Å². The second-order valence-electron chi connectivity index (χ2n) is 5.82. The lowest BCUT2D eigenvalue weighted by molar-refractivity contribution is 0.0238. The minimum Gasteiger partial charge on any atom is -0.497 e. The highest BCUT2D eigenvalue weighted by Crippen LogP contribution is 2.30. The highest BCUT2D eigenvalue weighted by molar-refractivity contribution is 6.35. The lowest BCUT2D eigenvalue weighted by Crippen LogP contribution is -2.19. The highest BCUT2D eigenvalue weighted by Gasteiger charge is 2.19. The molecule has 2 heterocycles. The summed E-state index contributed by atoms with van der Waals surface area (Å²) in [6.07, 6.45) is 3.51. The van der Waals surface area contributed by atoms with Crippen LogP contribution in [0.3, 0.4) is 0 Å². The number of rotatable bonds is 5. The summed E-state index contributed by atoms with van der Waals surface area (Å²) in [5.74, 6) is 1.50. The van der Waals surface area contributed by atoms with Crippen molar-refractivity contribution in [2.24, 2.45) is 0 Å². The molecule has 1 atom stereocenters. The van der Waals surface area contributed by atoms with Gasteiger partial charge in [-0.3, -0.25) is 15.3 Å². The first-order valence-electron chi connectivity index (χ1n) is 8.18. The molecule has 1 N–H and O–H groups in total. The SMILES string of the molecule is COc1ccc(C2=C[C@H](COc3ccc(Cl)c4cccnc34)ON2)cc1. The number of hydrogen-bond acceptors (Lipinski definition) is 5. The monoisotopic (exact) mass is 368 g/mol. The Balaban J connectivity index is 1.47. The summed E-state index contributed by atoms with van der Waals surface area (Å²) in [5.41, 5.74) is 5.61. The summed E-state index contributed by atoms with van der Waals surface area (Å²) in [7, 11) is 1.65. The number of ether oxygens (including phenoxy) is 2. The smallest absolute Gasteiger partial charge is 0.145 e. The van der Waals surface area contributed by atoms with E-state index in [0.717, 1.165) is 27.9 Å². The van der Waals surface area contributed by atoms with Gasteiger partial charge in [0.05, 0.1) is 17.8 Å². The molecular formula is C20H17ClN2O3. The van der Waals surface area contributed by atoms with Crippen molar-refractivity contribution in [1.82, 2.24) is 10.5 Å². The fraction of sp³-hybridized carbons (Fsp3) is 0.150. The molecule has 4 rings (SSSR count). The lowest BCUT2D eigenvalue weighted by atomic mass is 10.1. The van der Waals surface area contributed by atoms with Gasteiger partial charge in [0.15, 0.2) is 0 Å². The molecule has 1 aliphatic heterocycles. The van der Waals surface area contributed by atoms with Crippen LogP contribution in [0.25, 0.3) is 16.6 Å². The summed E-state index contributed by atoms with van der Waals surface area (Å²) in [5, 5.41) is 1.52. The minimum absolute atomic E-state index is 0.207. The Morgan fingerprint density at radius 1 is 1.15 bits per heavy atom. The maximum absolute atomic E-state index is 6.22. The molecule has 0 spiro atoms.